The molecule has 0 aromatic heterocycles. The van der Waals surface area contributed by atoms with Crippen molar-refractivity contribution in [1.82, 2.24) is 15.5 Å². The van der Waals surface area contributed by atoms with Crippen LogP contribution in [0.4, 0.5) is 0 Å². The zero-order chi connectivity index (χ0) is 11.5. The molecule has 0 radical (unpaired) electrons. The van der Waals surface area contributed by atoms with Crippen LogP contribution in [0.15, 0.2) is 0 Å². The fourth-order valence-electron chi connectivity index (χ4n) is 2.33. The number of nitrogens with zero attached hydrogens (tertiary/aromatic N) is 1. The molecule has 98 valence electrons. The van der Waals surface area contributed by atoms with Crippen LogP contribution in [0, 0.1) is 5.92 Å². The molecule has 2 aliphatic heterocycles. The van der Waals surface area contributed by atoms with E-state index in [9.17, 15) is 9.59 Å². The van der Waals surface area contributed by atoms with E-state index in [0.29, 0.717) is 25.4 Å². The van der Waals surface area contributed by atoms with E-state index in [1.54, 1.807) is 0 Å². The summed E-state index contributed by atoms with van der Waals surface area (Å²) in [4.78, 5) is 25.1. The molecule has 2 heterocycles. The highest BCUT2D eigenvalue weighted by Gasteiger charge is 2.30. The lowest BCUT2D eigenvalue weighted by Gasteiger charge is -2.35. The van der Waals surface area contributed by atoms with E-state index in [1.165, 1.54) is 0 Å². The van der Waals surface area contributed by atoms with Gasteiger partial charge in [-0.15, -0.1) is 12.4 Å². The van der Waals surface area contributed by atoms with Crippen LogP contribution in [0.3, 0.4) is 0 Å². The van der Waals surface area contributed by atoms with Gasteiger partial charge in [-0.05, 0) is 13.3 Å². The van der Waals surface area contributed by atoms with Crippen LogP contribution in [0.25, 0.3) is 0 Å². The van der Waals surface area contributed by atoms with Crippen molar-refractivity contribution in [1.29, 1.82) is 0 Å². The Labute approximate surface area is 108 Å². The van der Waals surface area contributed by atoms with E-state index in [2.05, 4.69) is 17.6 Å². The van der Waals surface area contributed by atoms with Gasteiger partial charge in [-0.2, -0.15) is 0 Å². The van der Waals surface area contributed by atoms with Crippen LogP contribution < -0.4 is 10.6 Å². The van der Waals surface area contributed by atoms with Crippen molar-refractivity contribution in [3.05, 3.63) is 0 Å². The minimum Gasteiger partial charge on any atom is -0.355 e. The van der Waals surface area contributed by atoms with Gasteiger partial charge in [0.1, 0.15) is 0 Å². The molecule has 0 aromatic carbocycles. The van der Waals surface area contributed by atoms with Crippen LogP contribution in [0.2, 0.25) is 0 Å². The Bertz CT molecular complexity index is 288. The lowest BCUT2D eigenvalue weighted by atomic mass is 9.97. The summed E-state index contributed by atoms with van der Waals surface area (Å²) in [6.45, 7) is 5.03. The Morgan fingerprint density at radius 1 is 1.47 bits per heavy atom. The van der Waals surface area contributed by atoms with Gasteiger partial charge in [0.2, 0.25) is 11.8 Å². The molecule has 1 unspecified atom stereocenters. The SMILES string of the molecule is C[C@H]1CN(C(=O)C2CCC(=O)NC2)CCN1.Cl. The normalized spacial score (nSPS) is 29.2. The van der Waals surface area contributed by atoms with Gasteiger partial charge < -0.3 is 15.5 Å². The number of amides is 2. The molecule has 6 heteroatoms. The van der Waals surface area contributed by atoms with E-state index in [1.807, 2.05) is 4.90 Å². The largest absolute Gasteiger partial charge is 0.355 e. The molecule has 0 bridgehead atoms. The number of nitrogens with one attached hydrogen (secondary N) is 2. The number of piperazine rings is 1. The average molecular weight is 262 g/mol. The molecule has 2 amide bonds. The number of halogens is 1. The molecular weight excluding hydrogens is 242 g/mol. The zero-order valence-corrected chi connectivity index (χ0v) is 10.9. The van der Waals surface area contributed by atoms with E-state index in [4.69, 9.17) is 0 Å². The Hall–Kier alpha value is -0.810. The molecule has 5 nitrogen and oxygen atoms in total. The maximum Gasteiger partial charge on any atom is 0.227 e. The molecule has 2 saturated heterocycles. The standard InChI is InChI=1S/C11H19N3O2.ClH/c1-8-7-14(5-4-12-8)11(16)9-2-3-10(15)13-6-9;/h8-9,12H,2-7H2,1H3,(H,13,15);1H/t8-,9?;/m0./s1. The van der Waals surface area contributed by atoms with Gasteiger partial charge in [-0.25, -0.2) is 0 Å². The number of carbonyl (C=O) groups excluding carboxylic acids is 2. The van der Waals surface area contributed by atoms with Crippen LogP contribution in [0.1, 0.15) is 19.8 Å². The zero-order valence-electron chi connectivity index (χ0n) is 10.1. The molecule has 0 spiro atoms. The van der Waals surface area contributed by atoms with E-state index >= 15 is 0 Å². The first-order valence-corrected chi connectivity index (χ1v) is 5.95. The summed E-state index contributed by atoms with van der Waals surface area (Å²) in [6, 6.07) is 0.371. The first-order chi connectivity index (χ1) is 7.66. The molecule has 0 saturated carbocycles. The highest BCUT2D eigenvalue weighted by Crippen LogP contribution is 2.15. The van der Waals surface area contributed by atoms with Gasteiger partial charge in [-0.3, -0.25) is 9.59 Å². The van der Waals surface area contributed by atoms with E-state index in [0.717, 1.165) is 19.6 Å². The van der Waals surface area contributed by atoms with Gasteiger partial charge in [-0.1, -0.05) is 0 Å². The summed E-state index contributed by atoms with van der Waals surface area (Å²) in [7, 11) is 0. The molecule has 2 atom stereocenters. The number of rotatable bonds is 1. The summed E-state index contributed by atoms with van der Waals surface area (Å²) < 4.78 is 0. The van der Waals surface area contributed by atoms with Crippen molar-refractivity contribution in [3.8, 4) is 0 Å². The van der Waals surface area contributed by atoms with Crippen LogP contribution in [-0.2, 0) is 9.59 Å². The molecule has 0 aromatic rings. The predicted octanol–water partition coefficient (Wildman–Crippen LogP) is -0.245. The van der Waals surface area contributed by atoms with Crippen molar-refractivity contribution in [3.63, 3.8) is 0 Å². The van der Waals surface area contributed by atoms with Crippen LogP contribution in [0.5, 0.6) is 0 Å². The second kappa shape index (κ2) is 6.21. The van der Waals surface area contributed by atoms with Gasteiger partial charge >= 0.3 is 0 Å². The Morgan fingerprint density at radius 3 is 2.82 bits per heavy atom. The van der Waals surface area contributed by atoms with Crippen molar-refractivity contribution in [2.24, 2.45) is 5.92 Å². The number of carbonyl (C=O) groups is 2. The van der Waals surface area contributed by atoms with Crippen molar-refractivity contribution in [2.75, 3.05) is 26.2 Å². The maximum absolute atomic E-state index is 12.2. The molecule has 2 aliphatic rings. The third-order valence-corrected chi connectivity index (χ3v) is 3.30. The molecular formula is C11H20ClN3O2. The minimum absolute atomic E-state index is 0. The topological polar surface area (TPSA) is 61.4 Å². The van der Waals surface area contributed by atoms with Crippen molar-refractivity contribution >= 4 is 24.2 Å². The number of hydrogen-bond acceptors (Lipinski definition) is 3. The first kappa shape index (κ1) is 14.3. The fraction of sp³-hybridized carbons (Fsp3) is 0.818. The molecule has 2 rings (SSSR count). The lowest BCUT2D eigenvalue weighted by molar-refractivity contribution is -0.138. The van der Waals surface area contributed by atoms with E-state index in [-0.39, 0.29) is 30.1 Å². The summed E-state index contributed by atoms with van der Waals surface area (Å²) >= 11 is 0. The number of piperidine rings is 1. The van der Waals surface area contributed by atoms with Gasteiger partial charge in [0.05, 0.1) is 5.92 Å². The van der Waals surface area contributed by atoms with Crippen LogP contribution in [-0.4, -0.2) is 48.9 Å². The summed E-state index contributed by atoms with van der Waals surface area (Å²) in [5.74, 6) is 0.258. The molecule has 17 heavy (non-hydrogen) atoms. The van der Waals surface area contributed by atoms with Gasteiger partial charge in [0.25, 0.3) is 0 Å². The first-order valence-electron chi connectivity index (χ1n) is 5.95. The van der Waals surface area contributed by atoms with Crippen molar-refractivity contribution in [2.45, 2.75) is 25.8 Å². The Morgan fingerprint density at radius 2 is 2.24 bits per heavy atom. The number of hydrogen-bond donors (Lipinski definition) is 2. The Kier molecular flexibility index (Phi) is 5.21. The molecule has 2 N–H and O–H groups in total. The summed E-state index contributed by atoms with van der Waals surface area (Å²) in [6.07, 6.45) is 1.18. The highest BCUT2D eigenvalue weighted by molar-refractivity contribution is 5.85. The van der Waals surface area contributed by atoms with Crippen LogP contribution >= 0.6 is 12.4 Å². The van der Waals surface area contributed by atoms with Crippen molar-refractivity contribution < 1.29 is 9.59 Å². The second-order valence-electron chi connectivity index (χ2n) is 4.68. The fourth-order valence-corrected chi connectivity index (χ4v) is 2.33. The van der Waals surface area contributed by atoms with Gasteiger partial charge in [0, 0.05) is 38.6 Å². The third kappa shape index (κ3) is 3.57. The maximum atomic E-state index is 12.2. The lowest BCUT2D eigenvalue weighted by Crippen LogP contribution is -2.54. The quantitative estimate of drug-likeness (QED) is 0.685. The summed E-state index contributed by atoms with van der Waals surface area (Å²) in [5.41, 5.74) is 0. The average Bonchev–Trinajstić information content (AvgIpc) is 2.29. The smallest absolute Gasteiger partial charge is 0.227 e. The monoisotopic (exact) mass is 261 g/mol. The summed E-state index contributed by atoms with van der Waals surface area (Å²) in [5, 5.41) is 6.07. The predicted molar refractivity (Wildman–Crippen MR) is 67.0 cm³/mol. The van der Waals surface area contributed by atoms with E-state index < -0.39 is 0 Å². The molecule has 2 fully saturated rings. The molecule has 0 aliphatic carbocycles. The Balaban J connectivity index is 0.00000144. The highest BCUT2D eigenvalue weighted by atomic mass is 35.5. The third-order valence-electron chi connectivity index (χ3n) is 3.30. The second-order valence-corrected chi connectivity index (χ2v) is 4.68. The van der Waals surface area contributed by atoms with Gasteiger partial charge in [0.15, 0.2) is 0 Å². The minimum atomic E-state index is -0.0111.